The van der Waals surface area contributed by atoms with Crippen molar-refractivity contribution in [1.82, 2.24) is 0 Å². The summed E-state index contributed by atoms with van der Waals surface area (Å²) in [5.41, 5.74) is 4.95. The second-order valence-corrected chi connectivity index (χ2v) is 6.92. The lowest BCUT2D eigenvalue weighted by molar-refractivity contribution is 0.415. The Morgan fingerprint density at radius 3 is 2.58 bits per heavy atom. The third kappa shape index (κ3) is 2.42. The van der Waals surface area contributed by atoms with Crippen LogP contribution in [0.5, 0.6) is 5.75 Å². The molecule has 4 rings (SSSR count). The maximum Gasteiger partial charge on any atom is 0.192 e. The van der Waals surface area contributed by atoms with E-state index in [9.17, 15) is 4.57 Å². The van der Waals surface area contributed by atoms with Crippen LogP contribution in [0.4, 0.5) is 0 Å². The highest BCUT2D eigenvalue weighted by Gasteiger charge is 2.22. The highest BCUT2D eigenvalue weighted by atomic mass is 31.1. The molecule has 24 heavy (non-hydrogen) atoms. The Morgan fingerprint density at radius 1 is 0.917 bits per heavy atom. The van der Waals surface area contributed by atoms with Gasteiger partial charge in [-0.1, -0.05) is 36.4 Å². The highest BCUT2D eigenvalue weighted by molar-refractivity contribution is 7.34. The summed E-state index contributed by atoms with van der Waals surface area (Å²) in [6.07, 6.45) is 4.60. The number of fused-ring (bicyclic) bond motifs is 2. The number of hydrogen-bond donors (Lipinski definition) is 0. The van der Waals surface area contributed by atoms with Gasteiger partial charge in [0.1, 0.15) is 5.75 Å². The van der Waals surface area contributed by atoms with Crippen LogP contribution in [-0.4, -0.2) is 7.11 Å². The average Bonchev–Trinajstić information content (AvgIpc) is 2.66. The number of aryl methyl sites for hydroxylation is 1. The third-order valence-electron chi connectivity index (χ3n) is 4.97. The Labute approximate surface area is 143 Å². The molecule has 0 bridgehead atoms. The number of ether oxygens (including phenoxy) is 1. The van der Waals surface area contributed by atoms with Gasteiger partial charge in [-0.05, 0) is 59.7 Å². The summed E-state index contributed by atoms with van der Waals surface area (Å²) in [5.74, 6) is 0.872. The normalized spacial score (nSPS) is 13.9. The Morgan fingerprint density at radius 2 is 1.75 bits per heavy atom. The van der Waals surface area contributed by atoms with Crippen molar-refractivity contribution >= 4 is 24.5 Å². The summed E-state index contributed by atoms with van der Waals surface area (Å²) in [6.45, 7) is 0. The fourth-order valence-corrected chi connectivity index (χ4v) is 4.31. The van der Waals surface area contributed by atoms with Crippen LogP contribution < -0.4 is 10.0 Å². The zero-order valence-electron chi connectivity index (χ0n) is 13.7. The van der Waals surface area contributed by atoms with Crippen LogP contribution in [0.3, 0.4) is 0 Å². The molecule has 0 unspecified atom stereocenters. The second-order valence-electron chi connectivity index (χ2n) is 6.26. The summed E-state index contributed by atoms with van der Waals surface area (Å²) in [4.78, 5) is 0. The summed E-state index contributed by atoms with van der Waals surface area (Å²) in [6, 6.07) is 16.6. The van der Waals surface area contributed by atoms with Gasteiger partial charge in [0, 0.05) is 11.1 Å². The van der Waals surface area contributed by atoms with E-state index in [2.05, 4.69) is 24.3 Å². The minimum Gasteiger partial charge on any atom is -0.496 e. The van der Waals surface area contributed by atoms with Crippen molar-refractivity contribution in [2.75, 3.05) is 7.11 Å². The van der Waals surface area contributed by atoms with Gasteiger partial charge in [0.15, 0.2) is 8.46 Å². The zero-order chi connectivity index (χ0) is 16.5. The van der Waals surface area contributed by atoms with Crippen LogP contribution in [-0.2, 0) is 17.4 Å². The first kappa shape index (κ1) is 15.4. The molecule has 1 aliphatic carbocycles. The third-order valence-corrected chi connectivity index (χ3v) is 5.54. The topological polar surface area (TPSA) is 26.3 Å². The van der Waals surface area contributed by atoms with E-state index >= 15 is 0 Å². The van der Waals surface area contributed by atoms with Gasteiger partial charge in [-0.15, -0.1) is 0 Å². The molecule has 3 heteroatoms. The van der Waals surface area contributed by atoms with Crippen molar-refractivity contribution in [2.45, 2.75) is 25.7 Å². The van der Waals surface area contributed by atoms with Gasteiger partial charge < -0.3 is 4.74 Å². The largest absolute Gasteiger partial charge is 0.496 e. The lowest BCUT2D eigenvalue weighted by Gasteiger charge is -2.23. The van der Waals surface area contributed by atoms with Crippen LogP contribution in [0, 0.1) is 0 Å². The van der Waals surface area contributed by atoms with Crippen molar-refractivity contribution in [3.05, 3.63) is 59.7 Å². The van der Waals surface area contributed by atoms with E-state index in [1.807, 2.05) is 24.3 Å². The van der Waals surface area contributed by atoms with Crippen molar-refractivity contribution in [3.8, 4) is 16.9 Å². The summed E-state index contributed by atoms with van der Waals surface area (Å²) in [5, 5.41) is 3.12. The SMILES string of the molecule is COc1ccc2c(c1-c1c(P=O)ccc3ccccc13)CCCC2. The zero-order valence-corrected chi connectivity index (χ0v) is 14.6. The van der Waals surface area contributed by atoms with Crippen LogP contribution in [0.1, 0.15) is 24.0 Å². The van der Waals surface area contributed by atoms with Crippen molar-refractivity contribution in [3.63, 3.8) is 0 Å². The van der Waals surface area contributed by atoms with Crippen molar-refractivity contribution in [1.29, 1.82) is 0 Å². The molecule has 0 aromatic heterocycles. The monoisotopic (exact) mass is 334 g/mol. The smallest absolute Gasteiger partial charge is 0.192 e. The predicted molar refractivity (Wildman–Crippen MR) is 99.8 cm³/mol. The molecule has 3 aromatic rings. The predicted octanol–water partition coefficient (Wildman–Crippen LogP) is 5.31. The Balaban J connectivity index is 2.13. The Kier molecular flexibility index (Phi) is 4.08. The molecular formula is C21H19O2P. The molecule has 2 nitrogen and oxygen atoms in total. The number of methoxy groups -OCH3 is 1. The van der Waals surface area contributed by atoms with Gasteiger partial charge in [0.25, 0.3) is 0 Å². The Bertz CT molecular complexity index is 931. The molecule has 0 amide bonds. The molecular weight excluding hydrogens is 315 g/mol. The van der Waals surface area contributed by atoms with E-state index in [0.29, 0.717) is 0 Å². The first-order valence-corrected chi connectivity index (χ1v) is 9.19. The lowest BCUT2D eigenvalue weighted by Crippen LogP contribution is -2.09. The molecule has 0 aliphatic heterocycles. The number of benzene rings is 3. The molecule has 0 saturated heterocycles. The molecule has 0 heterocycles. The van der Waals surface area contributed by atoms with E-state index in [4.69, 9.17) is 4.74 Å². The van der Waals surface area contributed by atoms with Gasteiger partial charge in [-0.3, -0.25) is 4.57 Å². The van der Waals surface area contributed by atoms with Gasteiger partial charge >= 0.3 is 0 Å². The maximum absolute atomic E-state index is 11.9. The van der Waals surface area contributed by atoms with Crippen LogP contribution in [0.25, 0.3) is 21.9 Å². The van der Waals surface area contributed by atoms with Gasteiger partial charge in [0.2, 0.25) is 0 Å². The Hall–Kier alpha value is -2.18. The van der Waals surface area contributed by atoms with E-state index < -0.39 is 0 Å². The second kappa shape index (κ2) is 6.37. The minimum absolute atomic E-state index is 0.0463. The molecule has 3 aromatic carbocycles. The molecule has 0 radical (unpaired) electrons. The van der Waals surface area contributed by atoms with E-state index in [1.54, 1.807) is 7.11 Å². The summed E-state index contributed by atoms with van der Waals surface area (Å²) >= 11 is 0. The molecule has 0 N–H and O–H groups in total. The fourth-order valence-electron chi connectivity index (χ4n) is 3.85. The standard InChI is InChI=1S/C21H19O2P/c1-23-18-12-10-14-6-2-4-8-16(14)20(18)21-17-9-5-3-7-15(17)11-13-19(21)24-22/h3,5,7,9-13H,2,4,6,8H2,1H3. The van der Waals surface area contributed by atoms with Gasteiger partial charge in [0.05, 0.1) is 12.4 Å². The highest BCUT2D eigenvalue weighted by Crippen LogP contribution is 2.41. The molecule has 0 fully saturated rings. The fraction of sp³-hybridized carbons (Fsp3) is 0.238. The number of hydrogen-bond acceptors (Lipinski definition) is 2. The average molecular weight is 334 g/mol. The van der Waals surface area contributed by atoms with Gasteiger partial charge in [-0.25, -0.2) is 0 Å². The van der Waals surface area contributed by atoms with Crippen LogP contribution in [0.15, 0.2) is 48.5 Å². The quantitative estimate of drug-likeness (QED) is 0.607. The van der Waals surface area contributed by atoms with E-state index in [0.717, 1.165) is 45.8 Å². The maximum atomic E-state index is 11.9. The van der Waals surface area contributed by atoms with Crippen molar-refractivity contribution < 1.29 is 9.30 Å². The molecule has 0 saturated carbocycles. The summed E-state index contributed by atoms with van der Waals surface area (Å²) < 4.78 is 17.6. The molecule has 120 valence electrons. The molecule has 0 spiro atoms. The van der Waals surface area contributed by atoms with Crippen LogP contribution in [0.2, 0.25) is 0 Å². The van der Waals surface area contributed by atoms with Crippen molar-refractivity contribution in [2.24, 2.45) is 0 Å². The summed E-state index contributed by atoms with van der Waals surface area (Å²) in [7, 11) is 1.76. The lowest BCUT2D eigenvalue weighted by atomic mass is 9.84. The molecule has 1 aliphatic rings. The van der Waals surface area contributed by atoms with E-state index in [1.165, 1.54) is 24.0 Å². The van der Waals surface area contributed by atoms with Gasteiger partial charge in [-0.2, -0.15) is 0 Å². The minimum atomic E-state index is 0.0463. The van der Waals surface area contributed by atoms with Crippen LogP contribution >= 0.6 is 8.46 Å². The van der Waals surface area contributed by atoms with E-state index in [-0.39, 0.29) is 8.46 Å². The first-order valence-electron chi connectivity index (χ1n) is 8.37. The molecule has 0 atom stereocenters. The number of rotatable bonds is 3. The first-order chi connectivity index (χ1) is 11.8.